The van der Waals surface area contributed by atoms with Crippen LogP contribution in [-0.2, 0) is 4.79 Å². The molecule has 1 fully saturated rings. The van der Waals surface area contributed by atoms with E-state index in [1.165, 1.54) is 12.1 Å². The third-order valence-corrected chi connectivity index (χ3v) is 4.04. The van der Waals surface area contributed by atoms with E-state index in [4.69, 9.17) is 9.63 Å². The van der Waals surface area contributed by atoms with E-state index < -0.39 is 5.97 Å². The largest absolute Gasteiger partial charge is 0.481 e. The number of aromatic nitrogens is 2. The van der Waals surface area contributed by atoms with Gasteiger partial charge in [0.15, 0.2) is 0 Å². The Morgan fingerprint density at radius 1 is 1.39 bits per heavy atom. The number of piperidine rings is 1. The quantitative estimate of drug-likeness (QED) is 0.912. The molecule has 0 saturated carbocycles. The van der Waals surface area contributed by atoms with Gasteiger partial charge in [-0.15, -0.1) is 0 Å². The fourth-order valence-corrected chi connectivity index (χ4v) is 2.83. The summed E-state index contributed by atoms with van der Waals surface area (Å²) < 4.78 is 18.3. The first-order valence-electron chi connectivity index (χ1n) is 7.65. The number of rotatable bonds is 5. The lowest BCUT2D eigenvalue weighted by Crippen LogP contribution is -2.35. The maximum absolute atomic E-state index is 13.0. The van der Waals surface area contributed by atoms with Gasteiger partial charge in [0.25, 0.3) is 0 Å². The summed E-state index contributed by atoms with van der Waals surface area (Å²) in [5.41, 5.74) is 0.708. The smallest absolute Gasteiger partial charge is 0.304 e. The van der Waals surface area contributed by atoms with Gasteiger partial charge in [0.05, 0.1) is 12.3 Å². The molecule has 7 heteroatoms. The molecule has 2 heterocycles. The summed E-state index contributed by atoms with van der Waals surface area (Å²) in [4.78, 5) is 17.2. The number of carboxylic acids is 1. The van der Waals surface area contributed by atoms with E-state index in [2.05, 4.69) is 15.0 Å². The molecule has 1 atom stereocenters. The van der Waals surface area contributed by atoms with Crippen molar-refractivity contribution < 1.29 is 18.8 Å². The van der Waals surface area contributed by atoms with Crippen LogP contribution in [0.5, 0.6) is 0 Å². The number of halogens is 1. The van der Waals surface area contributed by atoms with Gasteiger partial charge in [0, 0.05) is 18.7 Å². The number of nitrogens with zero attached hydrogens (tertiary/aromatic N) is 3. The SMILES string of the molecule is O=C(O)CCN1CCCC(c2nc(-c3ccc(F)cc3)no2)C1. The molecule has 23 heavy (non-hydrogen) atoms. The minimum absolute atomic E-state index is 0.110. The summed E-state index contributed by atoms with van der Waals surface area (Å²) in [5, 5.41) is 12.8. The number of aliphatic carboxylic acids is 1. The fraction of sp³-hybridized carbons (Fsp3) is 0.438. The molecule has 1 aliphatic rings. The van der Waals surface area contributed by atoms with Gasteiger partial charge >= 0.3 is 5.97 Å². The lowest BCUT2D eigenvalue weighted by atomic mass is 9.98. The molecule has 1 aromatic carbocycles. The lowest BCUT2D eigenvalue weighted by molar-refractivity contribution is -0.137. The van der Waals surface area contributed by atoms with E-state index in [0.29, 0.717) is 23.8 Å². The van der Waals surface area contributed by atoms with Crippen LogP contribution < -0.4 is 0 Å². The lowest BCUT2D eigenvalue weighted by Gasteiger charge is -2.30. The zero-order chi connectivity index (χ0) is 16.2. The summed E-state index contributed by atoms with van der Waals surface area (Å²) in [6, 6.07) is 5.95. The van der Waals surface area contributed by atoms with Crippen molar-refractivity contribution in [2.75, 3.05) is 19.6 Å². The fourth-order valence-electron chi connectivity index (χ4n) is 2.83. The minimum Gasteiger partial charge on any atom is -0.481 e. The summed E-state index contributed by atoms with van der Waals surface area (Å²) >= 11 is 0. The monoisotopic (exact) mass is 319 g/mol. The van der Waals surface area contributed by atoms with Crippen LogP contribution in [0.1, 0.15) is 31.1 Å². The highest BCUT2D eigenvalue weighted by molar-refractivity contribution is 5.66. The van der Waals surface area contributed by atoms with Crippen molar-refractivity contribution in [2.45, 2.75) is 25.2 Å². The van der Waals surface area contributed by atoms with Crippen molar-refractivity contribution in [3.63, 3.8) is 0 Å². The van der Waals surface area contributed by atoms with E-state index in [0.717, 1.165) is 25.9 Å². The van der Waals surface area contributed by atoms with Crippen molar-refractivity contribution in [3.8, 4) is 11.4 Å². The topological polar surface area (TPSA) is 79.5 Å². The van der Waals surface area contributed by atoms with Gasteiger partial charge in [0.1, 0.15) is 5.82 Å². The second-order valence-electron chi connectivity index (χ2n) is 5.75. The molecule has 2 aromatic rings. The van der Waals surface area contributed by atoms with Crippen molar-refractivity contribution in [3.05, 3.63) is 36.0 Å². The molecule has 6 nitrogen and oxygen atoms in total. The third kappa shape index (κ3) is 3.92. The molecule has 1 N–H and O–H groups in total. The van der Waals surface area contributed by atoms with Gasteiger partial charge in [-0.25, -0.2) is 4.39 Å². The molecular formula is C16H18FN3O3. The molecule has 1 aliphatic heterocycles. The normalized spacial score (nSPS) is 18.9. The van der Waals surface area contributed by atoms with E-state index in [1.807, 2.05) is 0 Å². The standard InChI is InChI=1S/C16H18FN3O3/c17-13-5-3-11(4-6-13)15-18-16(23-19-15)12-2-1-8-20(10-12)9-7-14(21)22/h3-6,12H,1-2,7-10H2,(H,21,22). The predicted octanol–water partition coefficient (Wildman–Crippen LogP) is 2.53. The molecule has 3 rings (SSSR count). The van der Waals surface area contributed by atoms with Gasteiger partial charge in [-0.2, -0.15) is 4.98 Å². The maximum Gasteiger partial charge on any atom is 0.304 e. The Labute approximate surface area is 132 Å². The first-order valence-corrected chi connectivity index (χ1v) is 7.65. The number of likely N-dealkylation sites (tertiary alicyclic amines) is 1. The Bertz CT molecular complexity index is 671. The zero-order valence-corrected chi connectivity index (χ0v) is 12.6. The van der Waals surface area contributed by atoms with E-state index >= 15 is 0 Å². The maximum atomic E-state index is 13.0. The third-order valence-electron chi connectivity index (χ3n) is 4.04. The molecule has 1 unspecified atom stereocenters. The molecular weight excluding hydrogens is 301 g/mol. The number of carbonyl (C=O) groups is 1. The Morgan fingerprint density at radius 3 is 2.91 bits per heavy atom. The minimum atomic E-state index is -0.788. The number of benzene rings is 1. The number of hydrogen-bond donors (Lipinski definition) is 1. The summed E-state index contributed by atoms with van der Waals surface area (Å²) in [6.07, 6.45) is 2.05. The molecule has 1 aromatic heterocycles. The Balaban J connectivity index is 1.67. The Hall–Kier alpha value is -2.28. The average Bonchev–Trinajstić information content (AvgIpc) is 3.04. The Kier molecular flexibility index (Phi) is 4.66. The second kappa shape index (κ2) is 6.87. The summed E-state index contributed by atoms with van der Waals surface area (Å²) in [5.74, 6) is 0.0218. The molecule has 122 valence electrons. The van der Waals surface area contributed by atoms with Crippen molar-refractivity contribution >= 4 is 5.97 Å². The van der Waals surface area contributed by atoms with Gasteiger partial charge in [-0.1, -0.05) is 5.16 Å². The van der Waals surface area contributed by atoms with Crippen LogP contribution in [0.4, 0.5) is 4.39 Å². The molecule has 0 amide bonds. The van der Waals surface area contributed by atoms with Crippen molar-refractivity contribution in [1.82, 2.24) is 15.0 Å². The van der Waals surface area contributed by atoms with Gasteiger partial charge in [0.2, 0.25) is 11.7 Å². The van der Waals surface area contributed by atoms with Gasteiger partial charge in [-0.05, 0) is 43.7 Å². The number of carboxylic acid groups (broad SMARTS) is 1. The number of hydrogen-bond acceptors (Lipinski definition) is 5. The molecule has 0 spiro atoms. The van der Waals surface area contributed by atoms with Crippen molar-refractivity contribution in [1.29, 1.82) is 0 Å². The van der Waals surface area contributed by atoms with Crippen LogP contribution >= 0.6 is 0 Å². The van der Waals surface area contributed by atoms with Gasteiger partial charge < -0.3 is 14.5 Å². The molecule has 0 radical (unpaired) electrons. The second-order valence-corrected chi connectivity index (χ2v) is 5.75. The van der Waals surface area contributed by atoms with Crippen LogP contribution in [0.2, 0.25) is 0 Å². The molecule has 1 saturated heterocycles. The van der Waals surface area contributed by atoms with Crippen molar-refractivity contribution in [2.24, 2.45) is 0 Å². The van der Waals surface area contributed by atoms with E-state index in [9.17, 15) is 9.18 Å². The van der Waals surface area contributed by atoms with Crippen LogP contribution in [0.25, 0.3) is 11.4 Å². The average molecular weight is 319 g/mol. The van der Waals surface area contributed by atoms with Crippen LogP contribution in [0, 0.1) is 5.82 Å². The van der Waals surface area contributed by atoms with E-state index in [1.54, 1.807) is 12.1 Å². The van der Waals surface area contributed by atoms with Crippen LogP contribution in [-0.4, -0.2) is 45.8 Å². The van der Waals surface area contributed by atoms with Crippen LogP contribution in [0.15, 0.2) is 28.8 Å². The summed E-state index contributed by atoms with van der Waals surface area (Å²) in [6.45, 7) is 2.14. The van der Waals surface area contributed by atoms with Crippen LogP contribution in [0.3, 0.4) is 0 Å². The van der Waals surface area contributed by atoms with Gasteiger partial charge in [-0.3, -0.25) is 4.79 Å². The highest BCUT2D eigenvalue weighted by atomic mass is 19.1. The first-order chi connectivity index (χ1) is 11.1. The van der Waals surface area contributed by atoms with E-state index in [-0.39, 0.29) is 18.2 Å². The summed E-state index contributed by atoms with van der Waals surface area (Å²) in [7, 11) is 0. The highest BCUT2D eigenvalue weighted by Gasteiger charge is 2.26. The predicted molar refractivity (Wildman–Crippen MR) is 80.4 cm³/mol. The zero-order valence-electron chi connectivity index (χ0n) is 12.6. The highest BCUT2D eigenvalue weighted by Crippen LogP contribution is 2.27. The Morgan fingerprint density at radius 2 is 2.17 bits per heavy atom. The first kappa shape index (κ1) is 15.6. The molecule has 0 aliphatic carbocycles. The molecule has 0 bridgehead atoms.